The second kappa shape index (κ2) is 9.04. The molecule has 6 heteroatoms. The number of nitrogens with two attached hydrogens (primary N) is 1. The third-order valence-electron chi connectivity index (χ3n) is 6.20. The van der Waals surface area contributed by atoms with Crippen LogP contribution in [0.25, 0.3) is 11.1 Å². The standard InChI is InChI=1S/C25H30N4O2/c1-16-11-23(30-4)18(3)17(2)21(16)14-29-9-10-31-24(15-29)22-7-5-19(12-27-22)20-6-8-25(26)28-13-20/h5-8,11-13,24H,9-10,14-15H2,1-4H3,(H2,26,28)/t24-/m0/s1. The minimum atomic E-state index is -0.0349. The van der Waals surface area contributed by atoms with Crippen LogP contribution in [0.3, 0.4) is 0 Å². The van der Waals surface area contributed by atoms with E-state index in [-0.39, 0.29) is 6.10 Å². The highest BCUT2D eigenvalue weighted by Crippen LogP contribution is 2.30. The van der Waals surface area contributed by atoms with Crippen molar-refractivity contribution >= 4 is 5.82 Å². The van der Waals surface area contributed by atoms with Gasteiger partial charge in [-0.2, -0.15) is 0 Å². The van der Waals surface area contributed by atoms with E-state index in [1.54, 1.807) is 19.4 Å². The van der Waals surface area contributed by atoms with Crippen LogP contribution in [0.4, 0.5) is 5.82 Å². The molecular formula is C25H30N4O2. The van der Waals surface area contributed by atoms with E-state index in [4.69, 9.17) is 15.2 Å². The molecule has 0 aliphatic carbocycles. The minimum Gasteiger partial charge on any atom is -0.496 e. The molecule has 3 aromatic rings. The van der Waals surface area contributed by atoms with Crippen LogP contribution in [-0.4, -0.2) is 41.7 Å². The predicted octanol–water partition coefficient (Wildman–Crippen LogP) is 4.23. The fourth-order valence-corrected chi connectivity index (χ4v) is 4.15. The third kappa shape index (κ3) is 4.55. The van der Waals surface area contributed by atoms with Crippen molar-refractivity contribution in [3.05, 3.63) is 70.7 Å². The van der Waals surface area contributed by atoms with Crippen molar-refractivity contribution < 1.29 is 9.47 Å². The second-order valence-corrected chi connectivity index (χ2v) is 8.16. The van der Waals surface area contributed by atoms with Crippen molar-refractivity contribution in [2.75, 3.05) is 32.5 Å². The summed E-state index contributed by atoms with van der Waals surface area (Å²) in [6.45, 7) is 9.80. The summed E-state index contributed by atoms with van der Waals surface area (Å²) in [7, 11) is 1.73. The Balaban J connectivity index is 1.48. The lowest BCUT2D eigenvalue weighted by atomic mass is 9.96. The molecule has 0 saturated carbocycles. The highest BCUT2D eigenvalue weighted by Gasteiger charge is 2.24. The number of aromatic nitrogens is 2. The average molecular weight is 419 g/mol. The lowest BCUT2D eigenvalue weighted by molar-refractivity contribution is -0.0350. The van der Waals surface area contributed by atoms with Crippen LogP contribution < -0.4 is 10.5 Å². The molecule has 0 amide bonds. The molecule has 0 spiro atoms. The second-order valence-electron chi connectivity index (χ2n) is 8.16. The molecule has 4 rings (SSSR count). The third-order valence-corrected chi connectivity index (χ3v) is 6.20. The van der Waals surface area contributed by atoms with Crippen LogP contribution in [0.5, 0.6) is 5.75 Å². The predicted molar refractivity (Wildman–Crippen MR) is 123 cm³/mol. The Morgan fingerprint density at radius 2 is 1.81 bits per heavy atom. The van der Waals surface area contributed by atoms with Gasteiger partial charge >= 0.3 is 0 Å². The van der Waals surface area contributed by atoms with Crippen molar-refractivity contribution in [1.29, 1.82) is 0 Å². The topological polar surface area (TPSA) is 73.5 Å². The Hall–Kier alpha value is -2.96. The molecule has 0 unspecified atom stereocenters. The molecule has 0 radical (unpaired) electrons. The maximum atomic E-state index is 6.06. The summed E-state index contributed by atoms with van der Waals surface area (Å²) < 4.78 is 11.6. The Morgan fingerprint density at radius 3 is 2.45 bits per heavy atom. The zero-order chi connectivity index (χ0) is 22.0. The van der Waals surface area contributed by atoms with Gasteiger partial charge in [-0.15, -0.1) is 0 Å². The van der Waals surface area contributed by atoms with Crippen molar-refractivity contribution in [3.8, 4) is 16.9 Å². The van der Waals surface area contributed by atoms with Gasteiger partial charge in [0, 0.05) is 43.2 Å². The van der Waals surface area contributed by atoms with Gasteiger partial charge in [0.05, 0.1) is 19.4 Å². The summed E-state index contributed by atoms with van der Waals surface area (Å²) in [5.41, 5.74) is 13.8. The van der Waals surface area contributed by atoms with Crippen molar-refractivity contribution in [3.63, 3.8) is 0 Å². The van der Waals surface area contributed by atoms with Gasteiger partial charge in [0.25, 0.3) is 0 Å². The average Bonchev–Trinajstić information content (AvgIpc) is 2.80. The summed E-state index contributed by atoms with van der Waals surface area (Å²) in [5.74, 6) is 1.47. The van der Waals surface area contributed by atoms with E-state index in [2.05, 4.69) is 47.8 Å². The SMILES string of the molecule is COc1cc(C)c(CN2CCO[C@H](c3ccc(-c4ccc(N)nc4)cn3)C2)c(C)c1C. The molecule has 2 aromatic heterocycles. The Morgan fingerprint density at radius 1 is 1.06 bits per heavy atom. The number of pyridine rings is 2. The molecule has 1 saturated heterocycles. The molecule has 162 valence electrons. The summed E-state index contributed by atoms with van der Waals surface area (Å²) in [4.78, 5) is 11.3. The number of nitrogens with zero attached hydrogens (tertiary/aromatic N) is 3. The number of hydrogen-bond donors (Lipinski definition) is 1. The van der Waals surface area contributed by atoms with Crippen LogP contribution >= 0.6 is 0 Å². The van der Waals surface area contributed by atoms with Gasteiger partial charge in [0.15, 0.2) is 0 Å². The summed E-state index contributed by atoms with van der Waals surface area (Å²) in [6.07, 6.45) is 3.62. The number of anilines is 1. The number of aryl methyl sites for hydroxylation is 1. The fraction of sp³-hybridized carbons (Fsp3) is 0.360. The lowest BCUT2D eigenvalue weighted by Gasteiger charge is -2.33. The van der Waals surface area contributed by atoms with E-state index in [9.17, 15) is 0 Å². The number of morpholine rings is 1. The lowest BCUT2D eigenvalue weighted by Crippen LogP contribution is -2.38. The van der Waals surface area contributed by atoms with E-state index in [0.29, 0.717) is 12.4 Å². The van der Waals surface area contributed by atoms with Crippen LogP contribution in [0.1, 0.15) is 34.1 Å². The van der Waals surface area contributed by atoms with Gasteiger partial charge in [-0.05, 0) is 67.3 Å². The highest BCUT2D eigenvalue weighted by molar-refractivity contribution is 5.62. The summed E-state index contributed by atoms with van der Waals surface area (Å²) >= 11 is 0. The quantitative estimate of drug-likeness (QED) is 0.668. The Labute approximate surface area is 184 Å². The molecule has 2 N–H and O–H groups in total. The van der Waals surface area contributed by atoms with Gasteiger partial charge in [0.2, 0.25) is 0 Å². The normalized spacial score (nSPS) is 17.0. The molecule has 1 fully saturated rings. The smallest absolute Gasteiger partial charge is 0.123 e. The van der Waals surface area contributed by atoms with Gasteiger partial charge in [-0.25, -0.2) is 4.98 Å². The first-order chi connectivity index (χ1) is 15.0. The number of hydrogen-bond acceptors (Lipinski definition) is 6. The zero-order valence-electron chi connectivity index (χ0n) is 18.7. The van der Waals surface area contributed by atoms with Gasteiger partial charge in [0.1, 0.15) is 17.7 Å². The van der Waals surface area contributed by atoms with Gasteiger partial charge < -0.3 is 15.2 Å². The van der Waals surface area contributed by atoms with E-state index < -0.39 is 0 Å². The van der Waals surface area contributed by atoms with Crippen molar-refractivity contribution in [2.45, 2.75) is 33.4 Å². The molecule has 3 heterocycles. The number of nitrogen functional groups attached to an aromatic ring is 1. The highest BCUT2D eigenvalue weighted by atomic mass is 16.5. The molecule has 31 heavy (non-hydrogen) atoms. The molecule has 1 aliphatic heterocycles. The van der Waals surface area contributed by atoms with Crippen LogP contribution in [0.15, 0.2) is 42.7 Å². The number of methoxy groups -OCH3 is 1. The van der Waals surface area contributed by atoms with Gasteiger partial charge in [-0.1, -0.05) is 6.07 Å². The summed E-state index contributed by atoms with van der Waals surface area (Å²) in [6, 6.07) is 10.0. The first kappa shape index (κ1) is 21.3. The minimum absolute atomic E-state index is 0.0349. The van der Waals surface area contributed by atoms with Crippen molar-refractivity contribution in [2.24, 2.45) is 0 Å². The Kier molecular flexibility index (Phi) is 6.20. The van der Waals surface area contributed by atoms with E-state index in [1.165, 1.54) is 22.3 Å². The van der Waals surface area contributed by atoms with E-state index >= 15 is 0 Å². The summed E-state index contributed by atoms with van der Waals surface area (Å²) in [5, 5.41) is 0. The van der Waals surface area contributed by atoms with E-state index in [1.807, 2.05) is 18.3 Å². The monoisotopic (exact) mass is 418 g/mol. The zero-order valence-corrected chi connectivity index (χ0v) is 18.7. The largest absolute Gasteiger partial charge is 0.496 e. The first-order valence-corrected chi connectivity index (χ1v) is 10.6. The molecule has 1 atom stereocenters. The molecule has 6 nitrogen and oxygen atoms in total. The van der Waals surface area contributed by atoms with E-state index in [0.717, 1.165) is 42.2 Å². The molecule has 1 aromatic carbocycles. The Bertz CT molecular complexity index is 1050. The first-order valence-electron chi connectivity index (χ1n) is 10.6. The molecule has 1 aliphatic rings. The number of benzene rings is 1. The van der Waals surface area contributed by atoms with Gasteiger partial charge in [-0.3, -0.25) is 9.88 Å². The van der Waals surface area contributed by atoms with Crippen LogP contribution in [0.2, 0.25) is 0 Å². The van der Waals surface area contributed by atoms with Crippen LogP contribution in [0, 0.1) is 20.8 Å². The number of rotatable bonds is 5. The van der Waals surface area contributed by atoms with Crippen LogP contribution in [-0.2, 0) is 11.3 Å². The number of ether oxygens (including phenoxy) is 2. The maximum Gasteiger partial charge on any atom is 0.123 e. The molecular weight excluding hydrogens is 388 g/mol. The fourth-order valence-electron chi connectivity index (χ4n) is 4.15. The maximum absolute atomic E-state index is 6.06. The molecule has 0 bridgehead atoms. The van der Waals surface area contributed by atoms with Crippen molar-refractivity contribution in [1.82, 2.24) is 14.9 Å².